The molecule has 0 fully saturated rings. The van der Waals surface area contributed by atoms with Crippen LogP contribution in [-0.2, 0) is 9.53 Å². The number of hydrogen-bond acceptors (Lipinski definition) is 3. The zero-order valence-corrected chi connectivity index (χ0v) is 9.32. The third-order valence-electron chi connectivity index (χ3n) is 1.37. The van der Waals surface area contributed by atoms with E-state index in [0.29, 0.717) is 0 Å². The van der Waals surface area contributed by atoms with Crippen molar-refractivity contribution in [3.8, 4) is 0 Å². The van der Waals surface area contributed by atoms with Gasteiger partial charge in [0.2, 0.25) is 0 Å². The van der Waals surface area contributed by atoms with Crippen LogP contribution < -0.4 is 5.32 Å². The molecule has 0 atom stereocenters. The first-order valence-corrected chi connectivity index (χ1v) is 4.63. The molecule has 16 heavy (non-hydrogen) atoms. The SMILES string of the molecule is CC(C)(C)OC(=O)CNCC(F)(F)C(F)F. The van der Waals surface area contributed by atoms with Crippen LogP contribution in [0.15, 0.2) is 0 Å². The lowest BCUT2D eigenvalue weighted by atomic mass is 10.2. The van der Waals surface area contributed by atoms with Gasteiger partial charge in [-0.25, -0.2) is 8.78 Å². The van der Waals surface area contributed by atoms with Gasteiger partial charge in [0.1, 0.15) is 5.60 Å². The average molecular weight is 245 g/mol. The molecule has 0 heterocycles. The van der Waals surface area contributed by atoms with Crippen LogP contribution in [0.2, 0.25) is 0 Å². The third-order valence-corrected chi connectivity index (χ3v) is 1.37. The quantitative estimate of drug-likeness (QED) is 0.593. The minimum atomic E-state index is -4.14. The first kappa shape index (κ1) is 15.2. The lowest BCUT2D eigenvalue weighted by Crippen LogP contribution is -2.41. The van der Waals surface area contributed by atoms with Crippen molar-refractivity contribution in [1.82, 2.24) is 5.32 Å². The van der Waals surface area contributed by atoms with E-state index in [1.807, 2.05) is 5.32 Å². The fourth-order valence-electron chi connectivity index (χ4n) is 0.786. The summed E-state index contributed by atoms with van der Waals surface area (Å²) < 4.78 is 52.9. The maximum atomic E-state index is 12.4. The van der Waals surface area contributed by atoms with Crippen molar-refractivity contribution >= 4 is 5.97 Å². The molecule has 0 spiro atoms. The lowest BCUT2D eigenvalue weighted by molar-refractivity contribution is -0.155. The Labute approximate surface area is 91.1 Å². The molecule has 0 aromatic rings. The third kappa shape index (κ3) is 6.60. The van der Waals surface area contributed by atoms with Crippen LogP contribution in [0.25, 0.3) is 0 Å². The maximum absolute atomic E-state index is 12.4. The minimum Gasteiger partial charge on any atom is -0.459 e. The second kappa shape index (κ2) is 5.47. The van der Waals surface area contributed by atoms with Crippen LogP contribution in [0, 0.1) is 0 Å². The molecule has 0 bridgehead atoms. The Morgan fingerprint density at radius 3 is 2.19 bits per heavy atom. The number of alkyl halides is 4. The first-order chi connectivity index (χ1) is 7.04. The highest BCUT2D eigenvalue weighted by molar-refractivity contribution is 5.72. The smallest absolute Gasteiger partial charge is 0.320 e. The van der Waals surface area contributed by atoms with E-state index in [2.05, 4.69) is 0 Å². The minimum absolute atomic E-state index is 0.528. The van der Waals surface area contributed by atoms with Crippen molar-refractivity contribution in [2.45, 2.75) is 38.7 Å². The number of hydrogen-bond donors (Lipinski definition) is 1. The monoisotopic (exact) mass is 245 g/mol. The molecule has 0 aliphatic carbocycles. The standard InChI is InChI=1S/C9H15F4NO2/c1-8(2,3)16-6(15)4-14-5-9(12,13)7(10)11/h7,14H,4-5H2,1-3H3. The second-order valence-electron chi connectivity index (χ2n) is 4.25. The molecule has 0 amide bonds. The van der Waals surface area contributed by atoms with Crippen molar-refractivity contribution in [2.24, 2.45) is 0 Å². The average Bonchev–Trinajstić information content (AvgIpc) is 1.99. The summed E-state index contributed by atoms with van der Waals surface area (Å²) in [5, 5.41) is 1.92. The van der Waals surface area contributed by atoms with E-state index in [0.717, 1.165) is 0 Å². The fourth-order valence-corrected chi connectivity index (χ4v) is 0.786. The molecule has 3 nitrogen and oxygen atoms in total. The Kier molecular flexibility index (Phi) is 5.18. The fraction of sp³-hybridized carbons (Fsp3) is 0.889. The number of rotatable bonds is 5. The molecule has 96 valence electrons. The highest BCUT2D eigenvalue weighted by Crippen LogP contribution is 2.21. The Hall–Kier alpha value is -0.850. The zero-order chi connectivity index (χ0) is 13.0. The summed E-state index contributed by atoms with van der Waals surface area (Å²) in [6.07, 6.45) is -3.75. The predicted octanol–water partition coefficient (Wildman–Crippen LogP) is 1.82. The van der Waals surface area contributed by atoms with Gasteiger partial charge >= 0.3 is 18.3 Å². The summed E-state index contributed by atoms with van der Waals surface area (Å²) in [5.41, 5.74) is -0.732. The molecule has 0 aliphatic heterocycles. The molecule has 0 aliphatic rings. The summed E-state index contributed by atoms with van der Waals surface area (Å²) in [7, 11) is 0. The van der Waals surface area contributed by atoms with Crippen LogP contribution in [-0.4, -0.2) is 37.0 Å². The van der Waals surface area contributed by atoms with Gasteiger partial charge in [-0.3, -0.25) is 4.79 Å². The van der Waals surface area contributed by atoms with Crippen molar-refractivity contribution in [2.75, 3.05) is 13.1 Å². The van der Waals surface area contributed by atoms with Gasteiger partial charge in [-0.1, -0.05) is 0 Å². The maximum Gasteiger partial charge on any atom is 0.320 e. The van der Waals surface area contributed by atoms with E-state index in [4.69, 9.17) is 4.74 Å². The van der Waals surface area contributed by atoms with Crippen LogP contribution in [0.5, 0.6) is 0 Å². The molecule has 0 rings (SSSR count). The van der Waals surface area contributed by atoms with Crippen molar-refractivity contribution in [1.29, 1.82) is 0 Å². The van der Waals surface area contributed by atoms with E-state index in [-0.39, 0.29) is 0 Å². The molecule has 0 saturated heterocycles. The molecule has 0 aromatic heterocycles. The van der Waals surface area contributed by atoms with Crippen molar-refractivity contribution < 1.29 is 27.1 Å². The number of halogens is 4. The van der Waals surface area contributed by atoms with Crippen LogP contribution in [0.3, 0.4) is 0 Å². The Morgan fingerprint density at radius 2 is 1.81 bits per heavy atom. The molecule has 7 heteroatoms. The second-order valence-corrected chi connectivity index (χ2v) is 4.25. The van der Waals surface area contributed by atoms with E-state index < -0.39 is 37.0 Å². The van der Waals surface area contributed by atoms with Crippen molar-refractivity contribution in [3.63, 3.8) is 0 Å². The molecule has 1 N–H and O–H groups in total. The summed E-state index contributed by atoms with van der Waals surface area (Å²) in [6.45, 7) is 3.04. The molecule has 0 aromatic carbocycles. The first-order valence-electron chi connectivity index (χ1n) is 4.63. The molecule has 0 radical (unpaired) electrons. The summed E-state index contributed by atoms with van der Waals surface area (Å²) in [5.74, 6) is -4.90. The number of nitrogens with one attached hydrogen (secondary N) is 1. The van der Waals surface area contributed by atoms with Gasteiger partial charge in [-0.2, -0.15) is 8.78 Å². The highest BCUT2D eigenvalue weighted by Gasteiger charge is 2.40. The molecule has 0 saturated carbocycles. The van der Waals surface area contributed by atoms with Gasteiger partial charge in [0.15, 0.2) is 0 Å². The molecular weight excluding hydrogens is 230 g/mol. The number of ether oxygens (including phenoxy) is 1. The highest BCUT2D eigenvalue weighted by atomic mass is 19.3. The van der Waals surface area contributed by atoms with E-state index in [1.165, 1.54) is 0 Å². The van der Waals surface area contributed by atoms with Crippen LogP contribution in [0.4, 0.5) is 17.6 Å². The van der Waals surface area contributed by atoms with Gasteiger partial charge in [0, 0.05) is 0 Å². The molecule has 0 unspecified atom stereocenters. The van der Waals surface area contributed by atoms with Gasteiger partial charge in [0.05, 0.1) is 13.1 Å². The number of carbonyl (C=O) groups excluding carboxylic acids is 1. The predicted molar refractivity (Wildman–Crippen MR) is 49.7 cm³/mol. The number of esters is 1. The largest absolute Gasteiger partial charge is 0.459 e. The van der Waals surface area contributed by atoms with Crippen molar-refractivity contribution in [3.05, 3.63) is 0 Å². The number of carbonyl (C=O) groups is 1. The van der Waals surface area contributed by atoms with Gasteiger partial charge in [0.25, 0.3) is 0 Å². The van der Waals surface area contributed by atoms with E-state index in [1.54, 1.807) is 20.8 Å². The van der Waals surface area contributed by atoms with Gasteiger partial charge in [-0.15, -0.1) is 0 Å². The molecular formula is C9H15F4NO2. The van der Waals surface area contributed by atoms with E-state index >= 15 is 0 Å². The van der Waals surface area contributed by atoms with E-state index in [9.17, 15) is 22.4 Å². The Morgan fingerprint density at radius 1 is 1.31 bits per heavy atom. The normalized spacial score (nSPS) is 13.0. The van der Waals surface area contributed by atoms with Gasteiger partial charge < -0.3 is 10.1 Å². The zero-order valence-electron chi connectivity index (χ0n) is 9.32. The summed E-state index contributed by atoms with van der Waals surface area (Å²) in [4.78, 5) is 11.0. The summed E-state index contributed by atoms with van der Waals surface area (Å²) in [6, 6.07) is 0. The Bertz CT molecular complexity index is 238. The van der Waals surface area contributed by atoms with Crippen LogP contribution >= 0.6 is 0 Å². The topological polar surface area (TPSA) is 38.3 Å². The van der Waals surface area contributed by atoms with Gasteiger partial charge in [-0.05, 0) is 20.8 Å². The Balaban J connectivity index is 3.87. The lowest BCUT2D eigenvalue weighted by Gasteiger charge is -2.20. The summed E-state index contributed by atoms with van der Waals surface area (Å²) >= 11 is 0. The van der Waals surface area contributed by atoms with Crippen LogP contribution in [0.1, 0.15) is 20.8 Å².